The van der Waals surface area contributed by atoms with Gasteiger partial charge in [-0.25, -0.2) is 0 Å². The lowest BCUT2D eigenvalue weighted by molar-refractivity contribution is -0.919. The van der Waals surface area contributed by atoms with Gasteiger partial charge in [-0.05, 0) is 41.0 Å². The van der Waals surface area contributed by atoms with E-state index in [2.05, 4.69) is 24.3 Å². The first kappa shape index (κ1) is 21.4. The Labute approximate surface area is 187 Å². The first-order valence-electron chi connectivity index (χ1n) is 10.3. The molecule has 0 saturated heterocycles. The quantitative estimate of drug-likeness (QED) is 0.577. The van der Waals surface area contributed by atoms with Crippen LogP contribution in [0.3, 0.4) is 0 Å². The van der Waals surface area contributed by atoms with Gasteiger partial charge in [0.1, 0.15) is 25.3 Å². The van der Waals surface area contributed by atoms with Crippen LogP contribution in [0.25, 0.3) is 0 Å². The van der Waals surface area contributed by atoms with E-state index in [0.717, 1.165) is 30.6 Å². The van der Waals surface area contributed by atoms with Crippen LogP contribution in [-0.4, -0.2) is 30.9 Å². The Bertz CT molecular complexity index is 914. The number of ether oxygens (including phenoxy) is 1. The number of rotatable bonds is 7. The zero-order chi connectivity index (χ0) is 20.9. The van der Waals surface area contributed by atoms with E-state index in [9.17, 15) is 5.11 Å². The fourth-order valence-corrected chi connectivity index (χ4v) is 4.33. The molecule has 0 aliphatic carbocycles. The number of benzene rings is 3. The van der Waals surface area contributed by atoms with Gasteiger partial charge >= 0.3 is 0 Å². The first-order valence-corrected chi connectivity index (χ1v) is 11.0. The Morgan fingerprint density at radius 3 is 2.00 bits per heavy atom. The standard InChI is InChI=1S/C25H25Cl2NO2/c26-22-9-5-19(6-10-22)25(20-7-11-23(27)12-8-20)30-17-24(29)16-28-14-13-18-3-1-2-4-21(18)15-28/h1-12,24-25,29H,13-17H2/p+1/t24-/m1/s1. The van der Waals surface area contributed by atoms with E-state index in [1.165, 1.54) is 16.0 Å². The first-order chi connectivity index (χ1) is 14.6. The minimum absolute atomic E-state index is 0.265. The van der Waals surface area contributed by atoms with Crippen molar-refractivity contribution in [3.63, 3.8) is 0 Å². The molecule has 2 atom stereocenters. The molecule has 0 aromatic heterocycles. The second-order valence-corrected chi connectivity index (χ2v) is 8.74. The van der Waals surface area contributed by atoms with Crippen LogP contribution >= 0.6 is 23.2 Å². The number of nitrogens with one attached hydrogen (secondary N) is 1. The molecule has 5 heteroatoms. The van der Waals surface area contributed by atoms with E-state index in [4.69, 9.17) is 27.9 Å². The van der Waals surface area contributed by atoms with Gasteiger partial charge in [0, 0.05) is 22.0 Å². The molecule has 0 fully saturated rings. The zero-order valence-corrected chi connectivity index (χ0v) is 18.2. The molecule has 1 aliphatic rings. The molecule has 3 aromatic carbocycles. The predicted molar refractivity (Wildman–Crippen MR) is 121 cm³/mol. The number of hydrogen-bond donors (Lipinski definition) is 2. The summed E-state index contributed by atoms with van der Waals surface area (Å²) < 4.78 is 6.22. The molecule has 0 saturated carbocycles. The molecule has 2 N–H and O–H groups in total. The lowest BCUT2D eigenvalue weighted by Gasteiger charge is -2.28. The Balaban J connectivity index is 1.40. The highest BCUT2D eigenvalue weighted by Crippen LogP contribution is 2.28. The summed E-state index contributed by atoms with van der Waals surface area (Å²) in [5.41, 5.74) is 4.80. The maximum absolute atomic E-state index is 10.7. The van der Waals surface area contributed by atoms with E-state index in [-0.39, 0.29) is 12.7 Å². The average molecular weight is 443 g/mol. The van der Waals surface area contributed by atoms with Gasteiger partial charge in [0.25, 0.3) is 0 Å². The molecule has 0 amide bonds. The smallest absolute Gasteiger partial charge is 0.126 e. The maximum atomic E-state index is 10.7. The fraction of sp³-hybridized carbons (Fsp3) is 0.280. The second-order valence-electron chi connectivity index (χ2n) is 7.87. The molecule has 3 nitrogen and oxygen atoms in total. The molecule has 1 heterocycles. The van der Waals surface area contributed by atoms with Crippen LogP contribution in [0, 0.1) is 0 Å². The van der Waals surface area contributed by atoms with Gasteiger partial charge in [0.15, 0.2) is 0 Å². The van der Waals surface area contributed by atoms with Gasteiger partial charge in [-0.15, -0.1) is 0 Å². The third-order valence-corrected chi connectivity index (χ3v) is 6.14. The Kier molecular flexibility index (Phi) is 7.08. The van der Waals surface area contributed by atoms with Gasteiger partial charge in [0.05, 0.1) is 13.2 Å². The minimum atomic E-state index is -0.535. The van der Waals surface area contributed by atoms with Gasteiger partial charge in [-0.1, -0.05) is 71.7 Å². The van der Waals surface area contributed by atoms with E-state index in [1.807, 2.05) is 48.5 Å². The minimum Gasteiger partial charge on any atom is -0.385 e. The fourth-order valence-electron chi connectivity index (χ4n) is 4.08. The molecule has 4 rings (SSSR count). The van der Waals surface area contributed by atoms with Crippen LogP contribution in [0.4, 0.5) is 0 Å². The van der Waals surface area contributed by atoms with E-state index in [0.29, 0.717) is 16.6 Å². The van der Waals surface area contributed by atoms with Crippen LogP contribution < -0.4 is 4.90 Å². The Morgan fingerprint density at radius 2 is 1.40 bits per heavy atom. The number of aliphatic hydroxyl groups is 1. The van der Waals surface area contributed by atoms with Crippen LogP contribution in [-0.2, 0) is 17.7 Å². The summed E-state index contributed by atoms with van der Waals surface area (Å²) in [5, 5.41) is 12.1. The summed E-state index contributed by atoms with van der Waals surface area (Å²) in [4.78, 5) is 1.39. The largest absolute Gasteiger partial charge is 0.385 e. The summed E-state index contributed by atoms with van der Waals surface area (Å²) in [6.45, 7) is 2.92. The zero-order valence-electron chi connectivity index (χ0n) is 16.7. The highest BCUT2D eigenvalue weighted by molar-refractivity contribution is 6.30. The van der Waals surface area contributed by atoms with Crippen molar-refractivity contribution in [2.45, 2.75) is 25.2 Å². The van der Waals surface area contributed by atoms with Gasteiger partial charge < -0.3 is 14.7 Å². The maximum Gasteiger partial charge on any atom is 0.126 e. The Morgan fingerprint density at radius 1 is 0.833 bits per heavy atom. The molecule has 1 unspecified atom stereocenters. The van der Waals surface area contributed by atoms with Gasteiger partial charge in [-0.2, -0.15) is 0 Å². The third-order valence-electron chi connectivity index (χ3n) is 5.63. The molecule has 3 aromatic rings. The lowest BCUT2D eigenvalue weighted by Crippen LogP contribution is -3.12. The number of halogens is 2. The van der Waals surface area contributed by atoms with Crippen LogP contribution in [0.1, 0.15) is 28.4 Å². The topological polar surface area (TPSA) is 33.9 Å². The Hall–Kier alpha value is -1.88. The predicted octanol–water partition coefficient (Wildman–Crippen LogP) is 4.10. The van der Waals surface area contributed by atoms with Crippen molar-refractivity contribution in [2.75, 3.05) is 19.7 Å². The molecule has 0 spiro atoms. The average Bonchev–Trinajstić information content (AvgIpc) is 2.76. The highest BCUT2D eigenvalue weighted by Gasteiger charge is 2.23. The van der Waals surface area contributed by atoms with Crippen LogP contribution in [0.15, 0.2) is 72.8 Å². The van der Waals surface area contributed by atoms with Crippen molar-refractivity contribution in [1.82, 2.24) is 0 Å². The van der Waals surface area contributed by atoms with Crippen molar-refractivity contribution in [3.05, 3.63) is 105 Å². The van der Waals surface area contributed by atoms with Crippen LogP contribution in [0.2, 0.25) is 10.0 Å². The van der Waals surface area contributed by atoms with Crippen molar-refractivity contribution in [2.24, 2.45) is 0 Å². The molecular weight excluding hydrogens is 417 g/mol. The van der Waals surface area contributed by atoms with Crippen molar-refractivity contribution in [1.29, 1.82) is 0 Å². The molecule has 0 bridgehead atoms. The lowest BCUT2D eigenvalue weighted by atomic mass is 10.00. The third kappa shape index (κ3) is 5.42. The number of quaternary nitrogens is 1. The van der Waals surface area contributed by atoms with Gasteiger partial charge in [-0.3, -0.25) is 0 Å². The monoisotopic (exact) mass is 442 g/mol. The van der Waals surface area contributed by atoms with E-state index >= 15 is 0 Å². The summed E-state index contributed by atoms with van der Waals surface area (Å²) in [7, 11) is 0. The van der Waals surface area contributed by atoms with Crippen LogP contribution in [0.5, 0.6) is 0 Å². The molecule has 0 radical (unpaired) electrons. The summed E-state index contributed by atoms with van der Waals surface area (Å²) in [6, 6.07) is 23.8. The molecule has 156 valence electrons. The molecule has 30 heavy (non-hydrogen) atoms. The molecular formula is C25H26Cl2NO2+. The SMILES string of the molecule is O[C@@H](COC(c1ccc(Cl)cc1)c1ccc(Cl)cc1)C[NH+]1CCc2ccccc2C1. The summed E-state index contributed by atoms with van der Waals surface area (Å²) in [6.07, 6.45) is 0.232. The highest BCUT2D eigenvalue weighted by atomic mass is 35.5. The van der Waals surface area contributed by atoms with E-state index in [1.54, 1.807) is 0 Å². The number of aliphatic hydroxyl groups excluding tert-OH is 1. The van der Waals surface area contributed by atoms with Crippen molar-refractivity contribution < 1.29 is 14.7 Å². The van der Waals surface area contributed by atoms with Crippen molar-refractivity contribution in [3.8, 4) is 0 Å². The second kappa shape index (κ2) is 9.95. The van der Waals surface area contributed by atoms with E-state index < -0.39 is 6.10 Å². The normalized spacial score (nSPS) is 17.0. The number of hydrogen-bond acceptors (Lipinski definition) is 2. The van der Waals surface area contributed by atoms with Crippen molar-refractivity contribution >= 4 is 23.2 Å². The summed E-state index contributed by atoms with van der Waals surface area (Å²) >= 11 is 12.1. The van der Waals surface area contributed by atoms with Gasteiger partial charge in [0.2, 0.25) is 0 Å². The molecule has 1 aliphatic heterocycles. The number of fused-ring (bicyclic) bond motifs is 1. The summed E-state index contributed by atoms with van der Waals surface area (Å²) in [5.74, 6) is 0.